The second-order valence-electron chi connectivity index (χ2n) is 6.64. The Bertz CT molecular complexity index is 937. The van der Waals surface area contributed by atoms with E-state index in [-0.39, 0.29) is 11.7 Å². The van der Waals surface area contributed by atoms with Gasteiger partial charge in [0, 0.05) is 48.3 Å². The molecule has 1 fully saturated rings. The highest BCUT2D eigenvalue weighted by Crippen LogP contribution is 2.23. The lowest BCUT2D eigenvalue weighted by atomic mass is 10.1. The molecule has 3 aromatic rings. The van der Waals surface area contributed by atoms with E-state index in [2.05, 4.69) is 9.88 Å². The number of benzene rings is 1. The van der Waals surface area contributed by atoms with Crippen LogP contribution in [0.1, 0.15) is 25.7 Å². The van der Waals surface area contributed by atoms with Crippen LogP contribution < -0.4 is 0 Å². The number of ketones is 1. The molecule has 0 atom stereocenters. The van der Waals surface area contributed by atoms with Crippen LogP contribution in [0, 0.1) is 6.92 Å². The zero-order valence-corrected chi connectivity index (χ0v) is 15.5. The molecule has 0 bridgehead atoms. The number of rotatable bonds is 4. The van der Waals surface area contributed by atoms with Gasteiger partial charge in [-0.15, -0.1) is 11.3 Å². The maximum atomic E-state index is 12.9. The number of nitrogens with zero attached hydrogens (tertiary/aromatic N) is 2. The van der Waals surface area contributed by atoms with Gasteiger partial charge >= 0.3 is 0 Å². The first-order valence-electron chi connectivity index (χ1n) is 8.79. The average Bonchev–Trinajstić information content (AvgIpc) is 3.28. The number of nitrogens with one attached hydrogen (secondary N) is 1. The Hall–Kier alpha value is -2.44. The monoisotopic (exact) mass is 367 g/mol. The van der Waals surface area contributed by atoms with Crippen molar-refractivity contribution >= 4 is 33.9 Å². The van der Waals surface area contributed by atoms with E-state index >= 15 is 0 Å². The van der Waals surface area contributed by atoms with Crippen molar-refractivity contribution in [1.82, 2.24) is 14.8 Å². The molecule has 2 aromatic heterocycles. The van der Waals surface area contributed by atoms with Gasteiger partial charge in [-0.1, -0.05) is 24.3 Å². The first-order chi connectivity index (χ1) is 12.6. The lowest BCUT2D eigenvalue weighted by Crippen LogP contribution is -2.49. The number of piperazine rings is 1. The summed E-state index contributed by atoms with van der Waals surface area (Å²) in [5.74, 6) is 0.233. The summed E-state index contributed by atoms with van der Waals surface area (Å²) in [5.41, 5.74) is 2.71. The Balaban J connectivity index is 1.40. The molecule has 1 aliphatic rings. The molecule has 1 aromatic carbocycles. The normalized spacial score (nSPS) is 15.5. The first kappa shape index (κ1) is 17.0. The highest BCUT2D eigenvalue weighted by molar-refractivity contribution is 7.12. The van der Waals surface area contributed by atoms with Gasteiger partial charge in [-0.05, 0) is 24.4 Å². The topological polar surface area (TPSA) is 56.4 Å². The van der Waals surface area contributed by atoms with Crippen molar-refractivity contribution in [3.05, 3.63) is 57.9 Å². The van der Waals surface area contributed by atoms with Crippen molar-refractivity contribution in [2.45, 2.75) is 6.92 Å². The van der Waals surface area contributed by atoms with Crippen molar-refractivity contribution in [3.63, 3.8) is 0 Å². The number of amides is 1. The number of carbonyl (C=O) groups is 2. The average molecular weight is 367 g/mol. The molecule has 1 saturated heterocycles. The summed E-state index contributed by atoms with van der Waals surface area (Å²) in [4.78, 5) is 33.4. The second kappa shape index (κ2) is 7.05. The predicted octanol–water partition coefficient (Wildman–Crippen LogP) is 3.18. The van der Waals surface area contributed by atoms with Gasteiger partial charge in [-0.3, -0.25) is 14.5 Å². The Kier molecular flexibility index (Phi) is 4.61. The standard InChI is InChI=1S/C20H21N3O2S/c1-14-19(15-5-2-3-6-16(15)21-14)17(24)13-22-8-10-23(11-9-22)20(25)18-7-4-12-26-18/h2-7,12,21H,8-11,13H2,1H3. The summed E-state index contributed by atoms with van der Waals surface area (Å²) in [5, 5.41) is 2.91. The minimum Gasteiger partial charge on any atom is -0.358 e. The molecule has 0 aliphatic carbocycles. The second-order valence-corrected chi connectivity index (χ2v) is 7.59. The molecule has 0 spiro atoms. The summed E-state index contributed by atoms with van der Waals surface area (Å²) in [7, 11) is 0. The van der Waals surface area contributed by atoms with Crippen molar-refractivity contribution in [2.75, 3.05) is 32.7 Å². The van der Waals surface area contributed by atoms with E-state index in [1.807, 2.05) is 53.6 Å². The van der Waals surface area contributed by atoms with Crippen LogP contribution in [0.15, 0.2) is 41.8 Å². The van der Waals surface area contributed by atoms with E-state index in [0.29, 0.717) is 19.6 Å². The zero-order valence-electron chi connectivity index (χ0n) is 14.7. The Morgan fingerprint density at radius 2 is 1.85 bits per heavy atom. The van der Waals surface area contributed by atoms with Crippen LogP contribution in [0.4, 0.5) is 0 Å². The van der Waals surface area contributed by atoms with Crippen LogP contribution in [0.5, 0.6) is 0 Å². The van der Waals surface area contributed by atoms with E-state index in [9.17, 15) is 9.59 Å². The molecule has 134 valence electrons. The number of hydrogen-bond acceptors (Lipinski definition) is 4. The highest BCUT2D eigenvalue weighted by Gasteiger charge is 2.25. The van der Waals surface area contributed by atoms with Gasteiger partial charge in [0.25, 0.3) is 5.91 Å². The number of aromatic amines is 1. The third-order valence-electron chi connectivity index (χ3n) is 4.93. The number of aryl methyl sites for hydroxylation is 1. The van der Waals surface area contributed by atoms with Crippen molar-refractivity contribution in [1.29, 1.82) is 0 Å². The number of Topliss-reactive ketones (excluding diaryl/α,β-unsaturated/α-hetero) is 1. The van der Waals surface area contributed by atoms with Crippen LogP contribution in [-0.4, -0.2) is 59.2 Å². The number of fused-ring (bicyclic) bond motifs is 1. The van der Waals surface area contributed by atoms with Crippen LogP contribution in [0.25, 0.3) is 10.9 Å². The molecule has 26 heavy (non-hydrogen) atoms. The predicted molar refractivity (Wildman–Crippen MR) is 104 cm³/mol. The molecule has 0 saturated carbocycles. The van der Waals surface area contributed by atoms with E-state index in [0.717, 1.165) is 40.1 Å². The van der Waals surface area contributed by atoms with Crippen molar-refractivity contribution < 1.29 is 9.59 Å². The van der Waals surface area contributed by atoms with Crippen LogP contribution in [0.3, 0.4) is 0 Å². The number of para-hydroxylation sites is 1. The van der Waals surface area contributed by atoms with Crippen molar-refractivity contribution in [2.24, 2.45) is 0 Å². The van der Waals surface area contributed by atoms with E-state index in [4.69, 9.17) is 0 Å². The van der Waals surface area contributed by atoms with Crippen LogP contribution >= 0.6 is 11.3 Å². The lowest BCUT2D eigenvalue weighted by molar-refractivity contribution is 0.0629. The van der Waals surface area contributed by atoms with Gasteiger partial charge in [-0.25, -0.2) is 0 Å². The minimum atomic E-state index is 0.0958. The molecule has 0 unspecified atom stereocenters. The molecular weight excluding hydrogens is 346 g/mol. The highest BCUT2D eigenvalue weighted by atomic mass is 32.1. The fourth-order valence-electron chi connectivity index (χ4n) is 3.58. The fraction of sp³-hybridized carbons (Fsp3) is 0.300. The van der Waals surface area contributed by atoms with E-state index in [1.165, 1.54) is 11.3 Å². The van der Waals surface area contributed by atoms with Gasteiger partial charge in [0.05, 0.1) is 11.4 Å². The van der Waals surface area contributed by atoms with Crippen molar-refractivity contribution in [3.8, 4) is 0 Å². The van der Waals surface area contributed by atoms with E-state index < -0.39 is 0 Å². The summed E-state index contributed by atoms with van der Waals surface area (Å²) < 4.78 is 0. The summed E-state index contributed by atoms with van der Waals surface area (Å²) >= 11 is 1.47. The number of carbonyl (C=O) groups excluding carboxylic acids is 2. The van der Waals surface area contributed by atoms with Crippen LogP contribution in [0.2, 0.25) is 0 Å². The molecule has 6 heteroatoms. The Morgan fingerprint density at radius 1 is 1.08 bits per heavy atom. The van der Waals surface area contributed by atoms with Crippen LogP contribution in [-0.2, 0) is 0 Å². The quantitative estimate of drug-likeness (QED) is 0.721. The Morgan fingerprint density at radius 3 is 2.58 bits per heavy atom. The molecule has 5 nitrogen and oxygen atoms in total. The molecule has 4 rings (SSSR count). The molecule has 1 aliphatic heterocycles. The van der Waals surface area contributed by atoms with E-state index in [1.54, 1.807) is 0 Å². The van der Waals surface area contributed by atoms with Gasteiger partial charge in [0.15, 0.2) is 5.78 Å². The SMILES string of the molecule is Cc1[nH]c2ccccc2c1C(=O)CN1CCN(C(=O)c2cccs2)CC1. The fourth-order valence-corrected chi connectivity index (χ4v) is 4.27. The maximum Gasteiger partial charge on any atom is 0.264 e. The number of H-pyrrole nitrogens is 1. The summed E-state index contributed by atoms with van der Waals surface area (Å²) in [6.07, 6.45) is 0. The third-order valence-corrected chi connectivity index (χ3v) is 5.79. The zero-order chi connectivity index (χ0) is 18.1. The largest absolute Gasteiger partial charge is 0.358 e. The molecule has 0 radical (unpaired) electrons. The van der Waals surface area contributed by atoms with Gasteiger partial charge < -0.3 is 9.88 Å². The molecule has 1 N–H and O–H groups in total. The van der Waals surface area contributed by atoms with Gasteiger partial charge in [-0.2, -0.15) is 0 Å². The minimum absolute atomic E-state index is 0.0958. The third kappa shape index (κ3) is 3.18. The van der Waals surface area contributed by atoms with Gasteiger partial charge in [0.1, 0.15) is 0 Å². The number of hydrogen-bond donors (Lipinski definition) is 1. The Labute approximate surface area is 156 Å². The number of thiophene rings is 1. The smallest absolute Gasteiger partial charge is 0.264 e. The summed E-state index contributed by atoms with van der Waals surface area (Å²) in [6.45, 7) is 5.12. The molecule has 1 amide bonds. The lowest BCUT2D eigenvalue weighted by Gasteiger charge is -2.34. The summed E-state index contributed by atoms with van der Waals surface area (Å²) in [6, 6.07) is 11.7. The first-order valence-corrected chi connectivity index (χ1v) is 9.67. The molecular formula is C20H21N3O2S. The van der Waals surface area contributed by atoms with Gasteiger partial charge in [0.2, 0.25) is 0 Å². The molecule has 3 heterocycles. The maximum absolute atomic E-state index is 12.9. The number of aromatic nitrogens is 1.